The molecule has 1 aliphatic rings. The lowest BCUT2D eigenvalue weighted by molar-refractivity contribution is -0.143. The normalized spacial score (nSPS) is 19.3. The molecule has 0 bridgehead atoms. The minimum Gasteiger partial charge on any atom is -0.494 e. The largest absolute Gasteiger partial charge is 0.494 e. The van der Waals surface area contributed by atoms with E-state index in [9.17, 15) is 19.1 Å². The van der Waals surface area contributed by atoms with E-state index in [1.165, 1.54) is 19.2 Å². The first kappa shape index (κ1) is 16.2. The van der Waals surface area contributed by atoms with E-state index >= 15 is 0 Å². The third-order valence-electron chi connectivity index (χ3n) is 3.57. The Balaban J connectivity index is 2.14. The van der Waals surface area contributed by atoms with Gasteiger partial charge < -0.3 is 19.9 Å². The van der Waals surface area contributed by atoms with Gasteiger partial charge in [0.15, 0.2) is 17.6 Å². The van der Waals surface area contributed by atoms with E-state index in [1.54, 1.807) is 0 Å². The Bertz CT molecular complexity index is 557. The molecule has 1 fully saturated rings. The number of carbonyl (C=O) groups is 2. The van der Waals surface area contributed by atoms with Crippen molar-refractivity contribution in [1.82, 2.24) is 5.32 Å². The summed E-state index contributed by atoms with van der Waals surface area (Å²) in [6.07, 6.45) is 1.40. The van der Waals surface area contributed by atoms with Gasteiger partial charge in [-0.25, -0.2) is 9.18 Å². The summed E-state index contributed by atoms with van der Waals surface area (Å²) in [5.74, 6) is -2.70. The molecule has 2 atom stereocenters. The van der Waals surface area contributed by atoms with Crippen LogP contribution in [0.25, 0.3) is 0 Å². The molecule has 0 radical (unpaired) electrons. The number of methoxy groups -OCH3 is 1. The van der Waals surface area contributed by atoms with Crippen molar-refractivity contribution in [3.8, 4) is 5.75 Å². The van der Waals surface area contributed by atoms with E-state index in [0.717, 1.165) is 12.5 Å². The van der Waals surface area contributed by atoms with Gasteiger partial charge in [0.1, 0.15) is 0 Å². The number of carbonyl (C=O) groups excluding carboxylic acids is 1. The van der Waals surface area contributed by atoms with Crippen molar-refractivity contribution in [2.24, 2.45) is 5.92 Å². The van der Waals surface area contributed by atoms with E-state index in [4.69, 9.17) is 9.47 Å². The van der Waals surface area contributed by atoms with Gasteiger partial charge in [-0.1, -0.05) is 6.07 Å². The summed E-state index contributed by atoms with van der Waals surface area (Å²) in [5, 5.41) is 11.7. The summed E-state index contributed by atoms with van der Waals surface area (Å²) in [7, 11) is 1.32. The molecule has 1 aliphatic heterocycles. The first-order chi connectivity index (χ1) is 10.5. The zero-order valence-corrected chi connectivity index (χ0v) is 12.2. The standard InChI is InChI=1S/C15H18FNO5/c1-21-12-5-4-9(7-11(12)16)13(15(19)20)17-14(18)10-3-2-6-22-8-10/h4-5,7,10,13H,2-3,6,8H2,1H3,(H,17,18)(H,19,20)/t10-,13+/m1/s1. The number of aliphatic carboxylic acids is 1. The fourth-order valence-corrected chi connectivity index (χ4v) is 2.36. The van der Waals surface area contributed by atoms with E-state index in [-0.39, 0.29) is 23.8 Å². The van der Waals surface area contributed by atoms with Crippen LogP contribution in [0.1, 0.15) is 24.4 Å². The third kappa shape index (κ3) is 3.73. The molecule has 6 nitrogen and oxygen atoms in total. The summed E-state index contributed by atoms with van der Waals surface area (Å²) >= 11 is 0. The fourth-order valence-electron chi connectivity index (χ4n) is 2.36. The Morgan fingerprint density at radius 2 is 2.27 bits per heavy atom. The molecule has 2 N–H and O–H groups in total. The lowest BCUT2D eigenvalue weighted by Gasteiger charge is -2.23. The zero-order valence-electron chi connectivity index (χ0n) is 12.2. The van der Waals surface area contributed by atoms with Crippen molar-refractivity contribution in [2.75, 3.05) is 20.3 Å². The number of nitrogens with one attached hydrogen (secondary N) is 1. The Morgan fingerprint density at radius 3 is 2.82 bits per heavy atom. The topological polar surface area (TPSA) is 84.9 Å². The lowest BCUT2D eigenvalue weighted by Crippen LogP contribution is -2.40. The van der Waals surface area contributed by atoms with E-state index < -0.39 is 23.7 Å². The minimum atomic E-state index is -1.31. The Labute approximate surface area is 127 Å². The number of halogens is 1. The van der Waals surface area contributed by atoms with Crippen LogP contribution < -0.4 is 10.1 Å². The molecular formula is C15H18FNO5. The molecular weight excluding hydrogens is 293 g/mol. The number of hydrogen-bond donors (Lipinski definition) is 2. The molecule has 1 saturated heterocycles. The van der Waals surface area contributed by atoms with Gasteiger partial charge in [-0.3, -0.25) is 4.79 Å². The van der Waals surface area contributed by atoms with Gasteiger partial charge in [-0.05, 0) is 30.5 Å². The highest BCUT2D eigenvalue weighted by molar-refractivity contribution is 5.86. The minimum absolute atomic E-state index is 0.0138. The monoisotopic (exact) mass is 311 g/mol. The summed E-state index contributed by atoms with van der Waals surface area (Å²) in [5.41, 5.74) is 0.149. The van der Waals surface area contributed by atoms with Gasteiger partial charge in [0, 0.05) is 6.61 Å². The summed E-state index contributed by atoms with van der Waals surface area (Å²) in [6, 6.07) is 2.49. The predicted octanol–water partition coefficient (Wildman–Crippen LogP) is 1.50. The van der Waals surface area contributed by atoms with Crippen LogP contribution in [0.2, 0.25) is 0 Å². The van der Waals surface area contributed by atoms with Crippen LogP contribution >= 0.6 is 0 Å². The second kappa shape index (κ2) is 7.22. The van der Waals surface area contributed by atoms with Gasteiger partial charge >= 0.3 is 5.97 Å². The van der Waals surface area contributed by atoms with Gasteiger partial charge in [0.05, 0.1) is 19.6 Å². The Hall–Kier alpha value is -2.15. The highest BCUT2D eigenvalue weighted by atomic mass is 19.1. The third-order valence-corrected chi connectivity index (χ3v) is 3.57. The maximum Gasteiger partial charge on any atom is 0.330 e. The van der Waals surface area contributed by atoms with E-state index in [1.807, 2.05) is 0 Å². The first-order valence-corrected chi connectivity index (χ1v) is 6.97. The molecule has 1 aromatic carbocycles. The van der Waals surface area contributed by atoms with Crippen molar-refractivity contribution in [3.63, 3.8) is 0 Å². The van der Waals surface area contributed by atoms with Gasteiger partial charge in [-0.2, -0.15) is 0 Å². The lowest BCUT2D eigenvalue weighted by atomic mass is 9.99. The quantitative estimate of drug-likeness (QED) is 0.861. The molecule has 1 amide bonds. The molecule has 1 aromatic rings. The number of carboxylic acid groups (broad SMARTS) is 1. The molecule has 0 unspecified atom stereocenters. The average Bonchev–Trinajstić information content (AvgIpc) is 2.52. The van der Waals surface area contributed by atoms with Crippen molar-refractivity contribution in [2.45, 2.75) is 18.9 Å². The van der Waals surface area contributed by atoms with Gasteiger partial charge in [-0.15, -0.1) is 0 Å². The zero-order chi connectivity index (χ0) is 16.1. The van der Waals surface area contributed by atoms with Gasteiger partial charge in [0.25, 0.3) is 0 Å². The highest BCUT2D eigenvalue weighted by Crippen LogP contribution is 2.23. The van der Waals surface area contributed by atoms with Crippen LogP contribution in [-0.4, -0.2) is 37.3 Å². The SMILES string of the molecule is COc1ccc([C@H](NC(=O)[C@@H]2CCCOC2)C(=O)O)cc1F. The maximum absolute atomic E-state index is 13.7. The maximum atomic E-state index is 13.7. The van der Waals surface area contributed by atoms with Crippen molar-refractivity contribution in [3.05, 3.63) is 29.6 Å². The molecule has 2 rings (SSSR count). The molecule has 7 heteroatoms. The van der Waals surface area contributed by atoms with Gasteiger partial charge in [0.2, 0.25) is 5.91 Å². The first-order valence-electron chi connectivity index (χ1n) is 6.97. The number of hydrogen-bond acceptors (Lipinski definition) is 4. The average molecular weight is 311 g/mol. The number of ether oxygens (including phenoxy) is 2. The summed E-state index contributed by atoms with van der Waals surface area (Å²) in [6.45, 7) is 0.880. The Kier molecular flexibility index (Phi) is 5.32. The van der Waals surface area contributed by atoms with Crippen LogP contribution in [0, 0.1) is 11.7 Å². The second-order valence-corrected chi connectivity index (χ2v) is 5.09. The highest BCUT2D eigenvalue weighted by Gasteiger charge is 2.28. The summed E-state index contributed by atoms with van der Waals surface area (Å²) in [4.78, 5) is 23.5. The number of rotatable bonds is 5. The number of benzene rings is 1. The number of amides is 1. The van der Waals surface area contributed by atoms with Crippen LogP contribution in [-0.2, 0) is 14.3 Å². The Morgan fingerprint density at radius 1 is 1.50 bits per heavy atom. The number of carboxylic acids is 1. The molecule has 22 heavy (non-hydrogen) atoms. The van der Waals surface area contributed by atoms with Crippen molar-refractivity contribution >= 4 is 11.9 Å². The molecule has 0 aromatic heterocycles. The fraction of sp³-hybridized carbons (Fsp3) is 0.467. The van der Waals surface area contributed by atoms with Crippen molar-refractivity contribution < 1.29 is 28.6 Å². The van der Waals surface area contributed by atoms with Crippen LogP contribution in [0.3, 0.4) is 0 Å². The molecule has 0 spiro atoms. The smallest absolute Gasteiger partial charge is 0.330 e. The van der Waals surface area contributed by atoms with Crippen LogP contribution in [0.4, 0.5) is 4.39 Å². The molecule has 0 aliphatic carbocycles. The second-order valence-electron chi connectivity index (χ2n) is 5.09. The van der Waals surface area contributed by atoms with Crippen LogP contribution in [0.15, 0.2) is 18.2 Å². The van der Waals surface area contributed by atoms with E-state index in [2.05, 4.69) is 5.32 Å². The molecule has 0 saturated carbocycles. The summed E-state index contributed by atoms with van der Waals surface area (Å²) < 4.78 is 23.7. The van der Waals surface area contributed by atoms with Crippen molar-refractivity contribution in [1.29, 1.82) is 0 Å². The predicted molar refractivity (Wildman–Crippen MR) is 75.0 cm³/mol. The molecule has 1 heterocycles. The molecule has 120 valence electrons. The van der Waals surface area contributed by atoms with E-state index in [0.29, 0.717) is 13.0 Å². The van der Waals surface area contributed by atoms with Crippen LogP contribution in [0.5, 0.6) is 5.75 Å².